The SMILES string of the molecule is O=C1CCCc2cc(-c3ccc(S(=O)(=O)C(F)(F)F)cc3)ccc2N1. The molecule has 132 valence electrons. The van der Waals surface area contributed by atoms with Gasteiger partial charge in [0.1, 0.15) is 0 Å². The number of nitrogens with one attached hydrogen (secondary N) is 1. The summed E-state index contributed by atoms with van der Waals surface area (Å²) in [6.07, 6.45) is 1.86. The minimum atomic E-state index is -5.35. The van der Waals surface area contributed by atoms with Crippen LogP contribution in [0.5, 0.6) is 0 Å². The van der Waals surface area contributed by atoms with Crippen molar-refractivity contribution in [2.75, 3.05) is 5.32 Å². The van der Waals surface area contributed by atoms with Crippen LogP contribution in [0.1, 0.15) is 18.4 Å². The van der Waals surface area contributed by atoms with Crippen molar-refractivity contribution in [3.8, 4) is 11.1 Å². The molecule has 1 N–H and O–H groups in total. The molecule has 0 radical (unpaired) electrons. The molecule has 1 aliphatic heterocycles. The highest BCUT2D eigenvalue weighted by atomic mass is 32.2. The largest absolute Gasteiger partial charge is 0.501 e. The highest BCUT2D eigenvalue weighted by Gasteiger charge is 2.46. The van der Waals surface area contributed by atoms with Crippen LogP contribution in [0.15, 0.2) is 47.4 Å². The Labute approximate surface area is 142 Å². The molecule has 1 aliphatic rings. The van der Waals surface area contributed by atoms with Gasteiger partial charge in [0.05, 0.1) is 4.90 Å². The first-order valence-electron chi connectivity index (χ1n) is 7.53. The highest BCUT2D eigenvalue weighted by Crippen LogP contribution is 2.32. The standard InChI is InChI=1S/C17H14F3NO3S/c18-17(19,20)25(23,24)14-7-4-11(5-8-14)12-6-9-15-13(10-12)2-1-3-16(22)21-15/h4-10H,1-3H2,(H,21,22). The molecule has 8 heteroatoms. The predicted molar refractivity (Wildman–Crippen MR) is 86.7 cm³/mol. The van der Waals surface area contributed by atoms with E-state index in [0.717, 1.165) is 28.9 Å². The number of carbonyl (C=O) groups excluding carboxylic acids is 1. The van der Waals surface area contributed by atoms with Crippen molar-refractivity contribution < 1.29 is 26.4 Å². The van der Waals surface area contributed by atoms with Gasteiger partial charge in [0.15, 0.2) is 0 Å². The summed E-state index contributed by atoms with van der Waals surface area (Å²) in [7, 11) is -5.35. The summed E-state index contributed by atoms with van der Waals surface area (Å²) < 4.78 is 60.5. The van der Waals surface area contributed by atoms with Gasteiger partial charge in [0.2, 0.25) is 5.91 Å². The van der Waals surface area contributed by atoms with Gasteiger partial charge < -0.3 is 5.32 Å². The maximum atomic E-state index is 12.6. The second-order valence-electron chi connectivity index (χ2n) is 5.75. The minimum Gasteiger partial charge on any atom is -0.326 e. The summed E-state index contributed by atoms with van der Waals surface area (Å²) in [5.74, 6) is -0.0480. The molecule has 0 spiro atoms. The topological polar surface area (TPSA) is 63.2 Å². The lowest BCUT2D eigenvalue weighted by Crippen LogP contribution is -2.23. The van der Waals surface area contributed by atoms with Crippen LogP contribution in [-0.4, -0.2) is 19.8 Å². The van der Waals surface area contributed by atoms with E-state index in [1.807, 2.05) is 6.07 Å². The predicted octanol–water partition coefficient (Wildman–Crippen LogP) is 3.92. The van der Waals surface area contributed by atoms with Gasteiger partial charge in [-0.1, -0.05) is 18.2 Å². The molecule has 2 aromatic carbocycles. The number of sulfone groups is 1. The number of alkyl halides is 3. The van der Waals surface area contributed by atoms with Crippen LogP contribution in [0, 0.1) is 0 Å². The Hall–Kier alpha value is -2.35. The fraction of sp³-hybridized carbons (Fsp3) is 0.235. The third kappa shape index (κ3) is 3.39. The van der Waals surface area contributed by atoms with Crippen LogP contribution in [0.2, 0.25) is 0 Å². The Kier molecular flexibility index (Phi) is 4.32. The van der Waals surface area contributed by atoms with Crippen LogP contribution >= 0.6 is 0 Å². The first kappa shape index (κ1) is 17.5. The molecule has 3 rings (SSSR count). The Morgan fingerprint density at radius 2 is 1.56 bits per heavy atom. The summed E-state index contributed by atoms with van der Waals surface area (Å²) in [6, 6.07) is 9.92. The smallest absolute Gasteiger partial charge is 0.326 e. The molecule has 0 unspecified atom stereocenters. The average molecular weight is 369 g/mol. The number of aryl methyl sites for hydroxylation is 1. The van der Waals surface area contributed by atoms with Gasteiger partial charge in [-0.2, -0.15) is 13.2 Å². The number of benzene rings is 2. The van der Waals surface area contributed by atoms with Gasteiger partial charge in [-0.05, 0) is 53.8 Å². The maximum absolute atomic E-state index is 12.6. The number of anilines is 1. The van der Waals surface area contributed by atoms with Crippen molar-refractivity contribution in [3.05, 3.63) is 48.0 Å². The Bertz CT molecular complexity index is 919. The molecule has 0 aliphatic carbocycles. The van der Waals surface area contributed by atoms with Gasteiger partial charge >= 0.3 is 5.51 Å². The van der Waals surface area contributed by atoms with Crippen LogP contribution in [-0.2, 0) is 21.1 Å². The van der Waals surface area contributed by atoms with E-state index in [-0.39, 0.29) is 5.91 Å². The second-order valence-corrected chi connectivity index (χ2v) is 7.69. The van der Waals surface area contributed by atoms with Crippen molar-refractivity contribution in [1.29, 1.82) is 0 Å². The molecular weight excluding hydrogens is 355 g/mol. The Morgan fingerprint density at radius 3 is 2.20 bits per heavy atom. The number of fused-ring (bicyclic) bond motifs is 1. The van der Waals surface area contributed by atoms with Crippen molar-refractivity contribution in [2.24, 2.45) is 0 Å². The molecule has 2 aromatic rings. The van der Waals surface area contributed by atoms with Gasteiger partial charge in [0, 0.05) is 12.1 Å². The summed E-state index contributed by atoms with van der Waals surface area (Å²) in [5.41, 5.74) is -2.32. The number of hydrogen-bond donors (Lipinski definition) is 1. The van der Waals surface area contributed by atoms with E-state index < -0.39 is 20.2 Å². The van der Waals surface area contributed by atoms with Crippen molar-refractivity contribution in [3.63, 3.8) is 0 Å². The quantitative estimate of drug-likeness (QED) is 0.873. The van der Waals surface area contributed by atoms with Crippen LogP contribution < -0.4 is 5.32 Å². The molecule has 0 fully saturated rings. The first-order chi connectivity index (χ1) is 11.7. The minimum absolute atomic E-state index is 0.0480. The van der Waals surface area contributed by atoms with Crippen LogP contribution in [0.25, 0.3) is 11.1 Å². The zero-order chi connectivity index (χ0) is 18.2. The van der Waals surface area contributed by atoms with Crippen molar-refractivity contribution >= 4 is 21.4 Å². The number of hydrogen-bond acceptors (Lipinski definition) is 3. The zero-order valence-electron chi connectivity index (χ0n) is 12.9. The van der Waals surface area contributed by atoms with E-state index >= 15 is 0 Å². The lowest BCUT2D eigenvalue weighted by molar-refractivity contribution is -0.116. The lowest BCUT2D eigenvalue weighted by Gasteiger charge is -2.11. The van der Waals surface area contributed by atoms with E-state index in [1.54, 1.807) is 12.1 Å². The average Bonchev–Trinajstić information content (AvgIpc) is 2.73. The van der Waals surface area contributed by atoms with E-state index in [9.17, 15) is 26.4 Å². The van der Waals surface area contributed by atoms with Gasteiger partial charge in [0.25, 0.3) is 9.84 Å². The third-order valence-corrected chi connectivity index (χ3v) is 5.53. The van der Waals surface area contributed by atoms with Gasteiger partial charge in [-0.3, -0.25) is 4.79 Å². The normalized spacial score (nSPS) is 15.2. The van der Waals surface area contributed by atoms with Crippen molar-refractivity contribution in [1.82, 2.24) is 0 Å². The van der Waals surface area contributed by atoms with Crippen LogP contribution in [0.3, 0.4) is 0 Å². The molecule has 0 bridgehead atoms. The molecule has 25 heavy (non-hydrogen) atoms. The Balaban J connectivity index is 1.94. The summed E-state index contributed by atoms with van der Waals surface area (Å²) in [5, 5.41) is 2.80. The molecule has 1 heterocycles. The number of carbonyl (C=O) groups is 1. The molecule has 1 amide bonds. The van der Waals surface area contributed by atoms with E-state index in [4.69, 9.17) is 0 Å². The van der Waals surface area contributed by atoms with E-state index in [2.05, 4.69) is 5.32 Å². The van der Waals surface area contributed by atoms with Gasteiger partial charge in [-0.25, -0.2) is 8.42 Å². The number of amides is 1. The highest BCUT2D eigenvalue weighted by molar-refractivity contribution is 7.92. The van der Waals surface area contributed by atoms with E-state index in [1.165, 1.54) is 12.1 Å². The molecule has 0 aromatic heterocycles. The fourth-order valence-electron chi connectivity index (χ4n) is 2.71. The van der Waals surface area contributed by atoms with Crippen molar-refractivity contribution in [2.45, 2.75) is 29.7 Å². The monoisotopic (exact) mass is 369 g/mol. The summed E-state index contributed by atoms with van der Waals surface area (Å²) in [6.45, 7) is 0. The number of halogens is 3. The third-order valence-electron chi connectivity index (χ3n) is 4.03. The molecule has 0 saturated carbocycles. The van der Waals surface area contributed by atoms with Crippen LogP contribution in [0.4, 0.5) is 18.9 Å². The summed E-state index contributed by atoms with van der Waals surface area (Å²) in [4.78, 5) is 10.8. The van der Waals surface area contributed by atoms with E-state index in [0.29, 0.717) is 24.8 Å². The number of rotatable bonds is 2. The molecule has 0 saturated heterocycles. The lowest BCUT2D eigenvalue weighted by atomic mass is 10.00. The fourth-order valence-corrected chi connectivity index (χ4v) is 3.48. The molecule has 0 atom stereocenters. The molecule has 4 nitrogen and oxygen atoms in total. The molecular formula is C17H14F3NO3S. The first-order valence-corrected chi connectivity index (χ1v) is 9.01. The Morgan fingerprint density at radius 1 is 0.920 bits per heavy atom. The second kappa shape index (κ2) is 6.18. The maximum Gasteiger partial charge on any atom is 0.501 e. The summed E-state index contributed by atoms with van der Waals surface area (Å²) >= 11 is 0. The van der Waals surface area contributed by atoms with Gasteiger partial charge in [-0.15, -0.1) is 0 Å². The zero-order valence-corrected chi connectivity index (χ0v) is 13.7.